The Morgan fingerprint density at radius 3 is 2.62 bits per heavy atom. The van der Waals surface area contributed by atoms with Crippen LogP contribution in [0.5, 0.6) is 0 Å². The second-order valence-corrected chi connectivity index (χ2v) is 7.13. The molecule has 0 bridgehead atoms. The summed E-state index contributed by atoms with van der Waals surface area (Å²) in [5.74, 6) is -0.335. The Kier molecular flexibility index (Phi) is 5.22. The fraction of sp³-hybridized carbons (Fsp3) is 0.278. The standard InChI is InChI=1S/C18H20N4O3S/c1-10(12-5-6-13-14(8-12)22-18(25)21-13)19-17(24)9-15(20-11(2)23)16-4-3-7-26-16/h3-8,10,15H,9H2,1-2H3,(H,19,24)(H,20,23)(H2,21,22,25). The minimum absolute atomic E-state index is 0.160. The highest BCUT2D eigenvalue weighted by atomic mass is 32.1. The minimum Gasteiger partial charge on any atom is -0.350 e. The third-order valence-corrected chi connectivity index (χ3v) is 5.06. The molecule has 1 aromatic carbocycles. The van der Waals surface area contributed by atoms with Crippen molar-refractivity contribution in [1.82, 2.24) is 20.6 Å². The van der Waals surface area contributed by atoms with Gasteiger partial charge in [-0.15, -0.1) is 11.3 Å². The maximum Gasteiger partial charge on any atom is 0.323 e. The first kappa shape index (κ1) is 17.9. The van der Waals surface area contributed by atoms with E-state index in [1.54, 1.807) is 6.07 Å². The Bertz CT molecular complexity index is 974. The molecule has 4 N–H and O–H groups in total. The molecule has 2 heterocycles. The van der Waals surface area contributed by atoms with E-state index in [1.807, 2.05) is 36.6 Å². The first-order valence-electron chi connectivity index (χ1n) is 8.24. The summed E-state index contributed by atoms with van der Waals surface area (Å²) in [6, 6.07) is 8.72. The lowest BCUT2D eigenvalue weighted by Crippen LogP contribution is -2.33. The number of rotatable bonds is 6. The molecule has 26 heavy (non-hydrogen) atoms. The van der Waals surface area contributed by atoms with Gasteiger partial charge < -0.3 is 20.6 Å². The number of thiophene rings is 1. The summed E-state index contributed by atoms with van der Waals surface area (Å²) in [5, 5.41) is 7.68. The average molecular weight is 372 g/mol. The smallest absolute Gasteiger partial charge is 0.323 e. The summed E-state index contributed by atoms with van der Waals surface area (Å²) in [5.41, 5.74) is 2.04. The van der Waals surface area contributed by atoms with Crippen LogP contribution < -0.4 is 16.3 Å². The molecule has 7 nitrogen and oxygen atoms in total. The van der Waals surface area contributed by atoms with Crippen LogP contribution in [-0.4, -0.2) is 21.8 Å². The Labute approximate surface area is 153 Å². The summed E-state index contributed by atoms with van der Waals surface area (Å²) in [6.45, 7) is 3.32. The van der Waals surface area contributed by atoms with Gasteiger partial charge in [0.25, 0.3) is 0 Å². The Balaban J connectivity index is 1.68. The first-order valence-corrected chi connectivity index (χ1v) is 9.12. The van der Waals surface area contributed by atoms with E-state index in [9.17, 15) is 14.4 Å². The van der Waals surface area contributed by atoms with E-state index in [0.717, 1.165) is 16.0 Å². The molecule has 8 heteroatoms. The Morgan fingerprint density at radius 1 is 1.15 bits per heavy atom. The molecule has 3 rings (SSSR count). The maximum atomic E-state index is 12.5. The van der Waals surface area contributed by atoms with E-state index in [0.29, 0.717) is 5.52 Å². The fourth-order valence-electron chi connectivity index (χ4n) is 2.85. The van der Waals surface area contributed by atoms with Gasteiger partial charge in [-0.1, -0.05) is 12.1 Å². The molecular formula is C18H20N4O3S. The van der Waals surface area contributed by atoms with Crippen LogP contribution in [0.1, 0.15) is 42.8 Å². The molecule has 2 atom stereocenters. The zero-order chi connectivity index (χ0) is 18.7. The van der Waals surface area contributed by atoms with Gasteiger partial charge in [0.2, 0.25) is 11.8 Å². The van der Waals surface area contributed by atoms with E-state index >= 15 is 0 Å². The first-order chi connectivity index (χ1) is 12.4. The van der Waals surface area contributed by atoms with Gasteiger partial charge in [-0.3, -0.25) is 9.59 Å². The maximum absolute atomic E-state index is 12.5. The van der Waals surface area contributed by atoms with Crippen molar-refractivity contribution in [3.63, 3.8) is 0 Å². The van der Waals surface area contributed by atoms with E-state index in [-0.39, 0.29) is 36.0 Å². The average Bonchev–Trinajstić information content (AvgIpc) is 3.21. The highest BCUT2D eigenvalue weighted by Gasteiger charge is 2.19. The zero-order valence-electron chi connectivity index (χ0n) is 14.5. The van der Waals surface area contributed by atoms with Crippen molar-refractivity contribution >= 4 is 34.2 Å². The van der Waals surface area contributed by atoms with Crippen LogP contribution in [0.3, 0.4) is 0 Å². The number of carbonyl (C=O) groups excluding carboxylic acids is 2. The molecule has 0 spiro atoms. The van der Waals surface area contributed by atoms with Crippen LogP contribution in [0.15, 0.2) is 40.5 Å². The lowest BCUT2D eigenvalue weighted by molar-refractivity contribution is -0.123. The highest BCUT2D eigenvalue weighted by Crippen LogP contribution is 2.23. The SMILES string of the molecule is CC(=O)NC(CC(=O)NC(C)c1ccc2[nH]c(=O)[nH]c2c1)c1cccs1. The predicted octanol–water partition coefficient (Wildman–Crippen LogP) is 2.36. The van der Waals surface area contributed by atoms with Crippen LogP contribution >= 0.6 is 11.3 Å². The summed E-state index contributed by atoms with van der Waals surface area (Å²) >= 11 is 1.50. The highest BCUT2D eigenvalue weighted by molar-refractivity contribution is 7.10. The normalized spacial score (nSPS) is 13.3. The molecule has 0 aliphatic rings. The summed E-state index contributed by atoms with van der Waals surface area (Å²) in [6.07, 6.45) is 0.160. The van der Waals surface area contributed by atoms with Crippen molar-refractivity contribution in [2.24, 2.45) is 0 Å². The van der Waals surface area contributed by atoms with Gasteiger partial charge in [0.1, 0.15) is 0 Å². The molecule has 0 saturated carbocycles. The van der Waals surface area contributed by atoms with Crippen molar-refractivity contribution in [3.8, 4) is 0 Å². The Morgan fingerprint density at radius 2 is 1.92 bits per heavy atom. The molecule has 0 aliphatic carbocycles. The van der Waals surface area contributed by atoms with Gasteiger partial charge in [-0.2, -0.15) is 0 Å². The number of carbonyl (C=O) groups is 2. The third-order valence-electron chi connectivity index (χ3n) is 4.07. The number of hydrogen-bond acceptors (Lipinski definition) is 4. The molecule has 2 aromatic heterocycles. The second kappa shape index (κ2) is 7.57. The van der Waals surface area contributed by atoms with Crippen LogP contribution in [0.25, 0.3) is 11.0 Å². The quantitative estimate of drug-likeness (QED) is 0.533. The molecule has 0 radical (unpaired) electrons. The van der Waals surface area contributed by atoms with Crippen molar-refractivity contribution in [1.29, 1.82) is 0 Å². The number of benzene rings is 1. The lowest BCUT2D eigenvalue weighted by Gasteiger charge is -2.19. The van der Waals surface area contributed by atoms with Crippen LogP contribution in [0, 0.1) is 0 Å². The summed E-state index contributed by atoms with van der Waals surface area (Å²) in [4.78, 5) is 41.6. The third kappa shape index (κ3) is 4.20. The predicted molar refractivity (Wildman–Crippen MR) is 101 cm³/mol. The number of amides is 2. The summed E-state index contributed by atoms with van der Waals surface area (Å²) < 4.78 is 0. The molecule has 0 saturated heterocycles. The van der Waals surface area contributed by atoms with Gasteiger partial charge in [0.05, 0.1) is 29.5 Å². The molecule has 0 aliphatic heterocycles. The molecule has 2 amide bonds. The molecule has 136 valence electrons. The number of aromatic nitrogens is 2. The van der Waals surface area contributed by atoms with E-state index in [1.165, 1.54) is 18.3 Å². The van der Waals surface area contributed by atoms with E-state index < -0.39 is 0 Å². The van der Waals surface area contributed by atoms with Crippen molar-refractivity contribution in [3.05, 3.63) is 56.6 Å². The second-order valence-electron chi connectivity index (χ2n) is 6.15. The number of fused-ring (bicyclic) bond motifs is 1. The molecule has 0 fully saturated rings. The molecule has 2 unspecified atom stereocenters. The number of nitrogens with one attached hydrogen (secondary N) is 4. The lowest BCUT2D eigenvalue weighted by atomic mass is 10.1. The zero-order valence-corrected chi connectivity index (χ0v) is 15.3. The van der Waals surface area contributed by atoms with Crippen LogP contribution in [0.4, 0.5) is 0 Å². The van der Waals surface area contributed by atoms with Crippen molar-refractivity contribution < 1.29 is 9.59 Å². The number of imidazole rings is 1. The number of H-pyrrole nitrogens is 2. The summed E-state index contributed by atoms with van der Waals surface area (Å²) in [7, 11) is 0. The van der Waals surface area contributed by atoms with Gasteiger partial charge in [0.15, 0.2) is 0 Å². The van der Waals surface area contributed by atoms with E-state index in [2.05, 4.69) is 20.6 Å². The van der Waals surface area contributed by atoms with Gasteiger partial charge in [-0.25, -0.2) is 4.79 Å². The Hall–Kier alpha value is -2.87. The largest absolute Gasteiger partial charge is 0.350 e. The van der Waals surface area contributed by atoms with Gasteiger partial charge in [-0.05, 0) is 36.1 Å². The topological polar surface area (TPSA) is 107 Å². The van der Waals surface area contributed by atoms with E-state index in [4.69, 9.17) is 0 Å². The van der Waals surface area contributed by atoms with Crippen molar-refractivity contribution in [2.75, 3.05) is 0 Å². The minimum atomic E-state index is -0.344. The molecule has 3 aromatic rings. The van der Waals surface area contributed by atoms with Gasteiger partial charge in [0, 0.05) is 11.8 Å². The van der Waals surface area contributed by atoms with Gasteiger partial charge >= 0.3 is 5.69 Å². The van der Waals surface area contributed by atoms with Crippen molar-refractivity contribution in [2.45, 2.75) is 32.4 Å². The monoisotopic (exact) mass is 372 g/mol. The number of hydrogen-bond donors (Lipinski definition) is 4. The fourth-order valence-corrected chi connectivity index (χ4v) is 3.62. The van der Waals surface area contributed by atoms with Crippen LogP contribution in [0.2, 0.25) is 0 Å². The van der Waals surface area contributed by atoms with Crippen LogP contribution in [-0.2, 0) is 9.59 Å². The molecular weight excluding hydrogens is 352 g/mol. The number of aromatic amines is 2.